The molecule has 0 amide bonds. The Kier molecular flexibility index (Phi) is 3.71. The van der Waals surface area contributed by atoms with Crippen LogP contribution in [-0.4, -0.2) is 29.4 Å². The molecule has 0 aliphatic carbocycles. The number of rotatable bonds is 4. The van der Waals surface area contributed by atoms with Gasteiger partial charge in [0, 0.05) is 18.9 Å². The summed E-state index contributed by atoms with van der Waals surface area (Å²) in [4.78, 5) is 11.3. The summed E-state index contributed by atoms with van der Waals surface area (Å²) >= 11 is 0. The topological polar surface area (TPSA) is 51.5 Å². The Hall–Kier alpha value is -1.29. The largest absolute Gasteiger partial charge is 0.465 e. The lowest BCUT2D eigenvalue weighted by Crippen LogP contribution is -2.03. The fourth-order valence-corrected chi connectivity index (χ4v) is 1.38. The van der Waals surface area contributed by atoms with Gasteiger partial charge in [0.15, 0.2) is 0 Å². The fraction of sp³-hybridized carbons (Fsp3) is 0.500. The second kappa shape index (κ2) is 4.81. The van der Waals surface area contributed by atoms with Crippen LogP contribution in [0.15, 0.2) is 12.4 Å². The van der Waals surface area contributed by atoms with Gasteiger partial charge in [0.05, 0.1) is 19.3 Å². The van der Waals surface area contributed by atoms with E-state index >= 15 is 0 Å². The molecule has 14 heavy (non-hydrogen) atoms. The molecule has 0 aromatic carbocycles. The minimum atomic E-state index is -0.321. The Morgan fingerprint density at radius 1 is 1.57 bits per heavy atom. The molecule has 0 saturated heterocycles. The van der Waals surface area contributed by atoms with Gasteiger partial charge < -0.3 is 14.4 Å². The Morgan fingerprint density at radius 2 is 2.29 bits per heavy atom. The highest BCUT2D eigenvalue weighted by Crippen LogP contribution is 2.12. The molecule has 1 aromatic rings. The van der Waals surface area contributed by atoms with Crippen molar-refractivity contribution in [2.24, 2.45) is 0 Å². The SMILES string of the molecule is CCc1cn(CCO)cc1C(=O)OC. The van der Waals surface area contributed by atoms with Crippen LogP contribution in [0.2, 0.25) is 0 Å². The van der Waals surface area contributed by atoms with E-state index in [-0.39, 0.29) is 12.6 Å². The van der Waals surface area contributed by atoms with Gasteiger partial charge in [0.1, 0.15) is 0 Å². The van der Waals surface area contributed by atoms with Crippen molar-refractivity contribution in [3.8, 4) is 0 Å². The van der Waals surface area contributed by atoms with Crippen molar-refractivity contribution in [1.82, 2.24) is 4.57 Å². The Balaban J connectivity index is 2.96. The lowest BCUT2D eigenvalue weighted by molar-refractivity contribution is 0.0599. The number of aryl methyl sites for hydroxylation is 1. The lowest BCUT2D eigenvalue weighted by atomic mass is 10.1. The first kappa shape index (κ1) is 10.8. The molecule has 0 atom stereocenters. The molecule has 0 aliphatic rings. The van der Waals surface area contributed by atoms with Crippen LogP contribution in [0.25, 0.3) is 0 Å². The van der Waals surface area contributed by atoms with E-state index in [1.807, 2.05) is 13.1 Å². The molecule has 0 fully saturated rings. The van der Waals surface area contributed by atoms with Crippen LogP contribution in [0.5, 0.6) is 0 Å². The van der Waals surface area contributed by atoms with Crippen LogP contribution in [0, 0.1) is 0 Å². The molecule has 1 heterocycles. The molecule has 0 spiro atoms. The van der Waals surface area contributed by atoms with Crippen molar-refractivity contribution in [2.45, 2.75) is 19.9 Å². The van der Waals surface area contributed by atoms with Gasteiger partial charge in [0.25, 0.3) is 0 Å². The molecule has 1 aromatic heterocycles. The average molecular weight is 197 g/mol. The van der Waals surface area contributed by atoms with Gasteiger partial charge >= 0.3 is 5.97 Å². The summed E-state index contributed by atoms with van der Waals surface area (Å²) in [6.07, 6.45) is 4.35. The summed E-state index contributed by atoms with van der Waals surface area (Å²) in [6.45, 7) is 2.55. The molecule has 0 unspecified atom stereocenters. The third-order valence-electron chi connectivity index (χ3n) is 2.11. The van der Waals surface area contributed by atoms with E-state index in [0.29, 0.717) is 12.1 Å². The Bertz CT molecular complexity index is 317. The molecular formula is C10H15NO3. The van der Waals surface area contributed by atoms with E-state index in [1.54, 1.807) is 10.8 Å². The normalized spacial score (nSPS) is 10.2. The van der Waals surface area contributed by atoms with E-state index in [1.165, 1.54) is 7.11 Å². The maximum Gasteiger partial charge on any atom is 0.339 e. The van der Waals surface area contributed by atoms with Gasteiger partial charge in [0.2, 0.25) is 0 Å². The molecule has 4 nitrogen and oxygen atoms in total. The number of methoxy groups -OCH3 is 1. The van der Waals surface area contributed by atoms with E-state index in [9.17, 15) is 4.79 Å². The predicted octanol–water partition coefficient (Wildman–Crippen LogP) is 0.829. The molecule has 1 rings (SSSR count). The van der Waals surface area contributed by atoms with E-state index in [0.717, 1.165) is 12.0 Å². The molecule has 1 N–H and O–H groups in total. The second-order valence-electron chi connectivity index (χ2n) is 3.00. The van der Waals surface area contributed by atoms with Crippen LogP contribution in [-0.2, 0) is 17.7 Å². The second-order valence-corrected chi connectivity index (χ2v) is 3.00. The maximum atomic E-state index is 11.3. The van der Waals surface area contributed by atoms with Crippen molar-refractivity contribution in [3.63, 3.8) is 0 Å². The Morgan fingerprint density at radius 3 is 2.79 bits per heavy atom. The van der Waals surface area contributed by atoms with Crippen molar-refractivity contribution in [2.75, 3.05) is 13.7 Å². The molecule has 0 bridgehead atoms. The van der Waals surface area contributed by atoms with Crippen molar-refractivity contribution >= 4 is 5.97 Å². The van der Waals surface area contributed by atoms with Crippen molar-refractivity contribution in [1.29, 1.82) is 0 Å². The Labute approximate surface area is 83.1 Å². The van der Waals surface area contributed by atoms with Gasteiger partial charge in [-0.1, -0.05) is 6.92 Å². The number of aliphatic hydroxyl groups is 1. The summed E-state index contributed by atoms with van der Waals surface area (Å²) in [5.41, 5.74) is 1.54. The highest BCUT2D eigenvalue weighted by molar-refractivity contribution is 5.90. The standard InChI is InChI=1S/C10H15NO3/c1-3-8-6-11(4-5-12)7-9(8)10(13)14-2/h6-7,12H,3-5H2,1-2H3. The number of aliphatic hydroxyl groups excluding tert-OH is 1. The molecular weight excluding hydrogens is 182 g/mol. The summed E-state index contributed by atoms with van der Waals surface area (Å²) in [7, 11) is 1.37. The van der Waals surface area contributed by atoms with Crippen LogP contribution < -0.4 is 0 Å². The monoisotopic (exact) mass is 197 g/mol. The molecule has 4 heteroatoms. The van der Waals surface area contributed by atoms with E-state index in [2.05, 4.69) is 4.74 Å². The van der Waals surface area contributed by atoms with Crippen LogP contribution >= 0.6 is 0 Å². The molecule has 78 valence electrons. The quantitative estimate of drug-likeness (QED) is 0.727. The highest BCUT2D eigenvalue weighted by Gasteiger charge is 2.13. The van der Waals surface area contributed by atoms with Gasteiger partial charge in [-0.05, 0) is 12.0 Å². The molecule has 0 aliphatic heterocycles. The number of nitrogens with zero attached hydrogens (tertiary/aromatic N) is 1. The van der Waals surface area contributed by atoms with Crippen LogP contribution in [0.4, 0.5) is 0 Å². The van der Waals surface area contributed by atoms with Gasteiger partial charge in [-0.3, -0.25) is 0 Å². The fourth-order valence-electron chi connectivity index (χ4n) is 1.38. The first-order valence-corrected chi connectivity index (χ1v) is 4.60. The number of carbonyl (C=O) groups is 1. The highest BCUT2D eigenvalue weighted by atomic mass is 16.5. The molecule has 0 saturated carbocycles. The zero-order valence-corrected chi connectivity index (χ0v) is 8.49. The summed E-state index contributed by atoms with van der Waals surface area (Å²) in [5.74, 6) is -0.321. The van der Waals surface area contributed by atoms with E-state index < -0.39 is 0 Å². The zero-order valence-electron chi connectivity index (χ0n) is 8.49. The number of aromatic nitrogens is 1. The number of carbonyl (C=O) groups excluding carboxylic acids is 1. The lowest BCUT2D eigenvalue weighted by Gasteiger charge is -1.97. The zero-order chi connectivity index (χ0) is 10.6. The maximum absolute atomic E-state index is 11.3. The van der Waals surface area contributed by atoms with Crippen LogP contribution in [0.1, 0.15) is 22.8 Å². The van der Waals surface area contributed by atoms with Crippen molar-refractivity contribution in [3.05, 3.63) is 23.5 Å². The average Bonchev–Trinajstić information content (AvgIpc) is 2.60. The third-order valence-corrected chi connectivity index (χ3v) is 2.11. The van der Waals surface area contributed by atoms with Crippen molar-refractivity contribution < 1.29 is 14.6 Å². The van der Waals surface area contributed by atoms with E-state index in [4.69, 9.17) is 5.11 Å². The first-order valence-electron chi connectivity index (χ1n) is 4.60. The predicted molar refractivity (Wildman–Crippen MR) is 52.2 cm³/mol. The third kappa shape index (κ3) is 2.14. The number of hydrogen-bond acceptors (Lipinski definition) is 3. The minimum Gasteiger partial charge on any atom is -0.465 e. The first-order chi connectivity index (χ1) is 6.72. The smallest absolute Gasteiger partial charge is 0.339 e. The number of ether oxygens (including phenoxy) is 1. The van der Waals surface area contributed by atoms with Gasteiger partial charge in [-0.2, -0.15) is 0 Å². The summed E-state index contributed by atoms with van der Waals surface area (Å²) < 4.78 is 6.45. The number of esters is 1. The van der Waals surface area contributed by atoms with Gasteiger partial charge in [-0.25, -0.2) is 4.79 Å². The number of hydrogen-bond donors (Lipinski definition) is 1. The van der Waals surface area contributed by atoms with Gasteiger partial charge in [-0.15, -0.1) is 0 Å². The van der Waals surface area contributed by atoms with Crippen LogP contribution in [0.3, 0.4) is 0 Å². The summed E-state index contributed by atoms with van der Waals surface area (Å²) in [5, 5.41) is 8.75. The molecule has 0 radical (unpaired) electrons. The summed E-state index contributed by atoms with van der Waals surface area (Å²) in [6, 6.07) is 0. The minimum absolute atomic E-state index is 0.0679.